The van der Waals surface area contributed by atoms with Gasteiger partial charge >= 0.3 is 0 Å². The average molecular weight is 227 g/mol. The summed E-state index contributed by atoms with van der Waals surface area (Å²) in [5, 5.41) is 4.17. The van der Waals surface area contributed by atoms with Gasteiger partial charge < -0.3 is 5.32 Å². The zero-order chi connectivity index (χ0) is 11.3. The predicted molar refractivity (Wildman–Crippen MR) is 65.4 cm³/mol. The molecule has 1 N–H and O–H groups in total. The molecule has 0 aliphatic rings. The number of rotatable bonds is 5. The van der Waals surface area contributed by atoms with Gasteiger partial charge in [-0.05, 0) is 25.1 Å². The Bertz CT molecular complexity index is 284. The lowest BCUT2D eigenvalue weighted by atomic mass is 9.95. The number of hydrogen-bond donors (Lipinski definition) is 1. The lowest BCUT2D eigenvalue weighted by molar-refractivity contribution is 0.443. The van der Waals surface area contributed by atoms with Crippen LogP contribution in [0.4, 0.5) is 0 Å². The molecule has 1 aromatic rings. The van der Waals surface area contributed by atoms with Gasteiger partial charge in [0.15, 0.2) is 0 Å². The average Bonchev–Trinajstić information content (AvgIpc) is 2.26. The van der Waals surface area contributed by atoms with Crippen molar-refractivity contribution in [2.45, 2.75) is 39.2 Å². The molecule has 0 fully saturated rings. The fraction of sp³-hybridized carbons (Fsp3) is 0.583. The second kappa shape index (κ2) is 6.09. The smallest absolute Gasteiger partial charge is 0.0589 e. The van der Waals surface area contributed by atoms with Crippen molar-refractivity contribution >= 4 is 11.6 Å². The van der Waals surface area contributed by atoms with Crippen LogP contribution in [0.5, 0.6) is 0 Å². The van der Waals surface area contributed by atoms with Crippen LogP contribution in [0, 0.1) is 0 Å². The van der Waals surface area contributed by atoms with Crippen LogP contribution in [0.1, 0.15) is 38.8 Å². The molecule has 0 spiro atoms. The second-order valence-electron chi connectivity index (χ2n) is 3.76. The van der Waals surface area contributed by atoms with E-state index in [1.807, 2.05) is 12.1 Å². The van der Waals surface area contributed by atoms with Crippen molar-refractivity contribution in [3.05, 3.63) is 29.0 Å². The maximum Gasteiger partial charge on any atom is 0.0589 e. The zero-order valence-electron chi connectivity index (χ0n) is 9.63. The van der Waals surface area contributed by atoms with Gasteiger partial charge in [-0.2, -0.15) is 0 Å². The fourth-order valence-corrected chi connectivity index (χ4v) is 1.91. The molecule has 1 heterocycles. The maximum absolute atomic E-state index is 5.81. The molecule has 0 aliphatic carbocycles. The maximum atomic E-state index is 5.81. The van der Waals surface area contributed by atoms with Crippen molar-refractivity contribution in [3.8, 4) is 0 Å². The number of nitrogens with one attached hydrogen (secondary N) is 1. The van der Waals surface area contributed by atoms with Crippen LogP contribution in [0.2, 0.25) is 5.02 Å². The van der Waals surface area contributed by atoms with Crippen LogP contribution >= 0.6 is 11.6 Å². The third-order valence-electron chi connectivity index (χ3n) is 2.73. The normalized spacial score (nSPS) is 14.9. The quantitative estimate of drug-likeness (QED) is 0.834. The summed E-state index contributed by atoms with van der Waals surface area (Å²) in [6.45, 7) is 7.52. The summed E-state index contributed by atoms with van der Waals surface area (Å²) in [4.78, 5) is 4.36. The molecule has 84 valence electrons. The second-order valence-corrected chi connectivity index (χ2v) is 4.20. The minimum atomic E-state index is 0.423. The first-order chi connectivity index (χ1) is 7.19. The van der Waals surface area contributed by atoms with E-state index in [0.29, 0.717) is 17.0 Å². The molecule has 0 saturated heterocycles. The number of hydrogen-bond acceptors (Lipinski definition) is 2. The third-order valence-corrected chi connectivity index (χ3v) is 2.95. The molecule has 2 nitrogen and oxygen atoms in total. The van der Waals surface area contributed by atoms with Crippen molar-refractivity contribution in [1.29, 1.82) is 0 Å². The molecular weight excluding hydrogens is 208 g/mol. The molecule has 2 atom stereocenters. The van der Waals surface area contributed by atoms with Gasteiger partial charge in [-0.3, -0.25) is 4.98 Å². The zero-order valence-corrected chi connectivity index (χ0v) is 10.4. The van der Waals surface area contributed by atoms with Gasteiger partial charge in [-0.1, -0.05) is 32.4 Å². The summed E-state index contributed by atoms with van der Waals surface area (Å²) in [5.74, 6) is 0.423. The first-order valence-corrected chi connectivity index (χ1v) is 5.91. The summed E-state index contributed by atoms with van der Waals surface area (Å²) in [6, 6.07) is 4.40. The summed E-state index contributed by atoms with van der Waals surface area (Å²) in [5.41, 5.74) is 1.10. The summed E-state index contributed by atoms with van der Waals surface area (Å²) in [6.07, 6.45) is 2.82. The van der Waals surface area contributed by atoms with E-state index in [9.17, 15) is 0 Å². The Morgan fingerprint density at radius 2 is 2.13 bits per heavy atom. The predicted octanol–water partition coefficient (Wildman–Crippen LogP) is 3.23. The van der Waals surface area contributed by atoms with Gasteiger partial charge in [-0.25, -0.2) is 0 Å². The van der Waals surface area contributed by atoms with Gasteiger partial charge in [0.2, 0.25) is 0 Å². The highest BCUT2D eigenvalue weighted by Gasteiger charge is 2.16. The first-order valence-electron chi connectivity index (χ1n) is 5.53. The van der Waals surface area contributed by atoms with Gasteiger partial charge in [-0.15, -0.1) is 0 Å². The number of aromatic nitrogens is 1. The summed E-state index contributed by atoms with van der Waals surface area (Å²) < 4.78 is 0. The molecule has 2 unspecified atom stereocenters. The molecule has 15 heavy (non-hydrogen) atoms. The number of likely N-dealkylation sites (N-methyl/N-ethyl adjacent to an activating group) is 1. The van der Waals surface area contributed by atoms with E-state index in [-0.39, 0.29) is 0 Å². The SMILES string of the molecule is CCNC(CC)C(C)c1ccc(Cl)cn1. The van der Waals surface area contributed by atoms with E-state index in [1.165, 1.54) is 0 Å². The minimum absolute atomic E-state index is 0.423. The Balaban J connectivity index is 2.73. The largest absolute Gasteiger partial charge is 0.314 e. The molecule has 3 heteroatoms. The molecular formula is C12H19ClN2. The van der Waals surface area contributed by atoms with Crippen molar-refractivity contribution in [2.24, 2.45) is 0 Å². The van der Waals surface area contributed by atoms with Crippen LogP contribution in [-0.2, 0) is 0 Å². The molecule has 0 amide bonds. The van der Waals surface area contributed by atoms with E-state index >= 15 is 0 Å². The van der Waals surface area contributed by atoms with Gasteiger partial charge in [0, 0.05) is 23.9 Å². The lowest BCUT2D eigenvalue weighted by Crippen LogP contribution is -2.33. The fourth-order valence-electron chi connectivity index (χ4n) is 1.80. The van der Waals surface area contributed by atoms with E-state index in [2.05, 4.69) is 31.1 Å². The van der Waals surface area contributed by atoms with Gasteiger partial charge in [0.25, 0.3) is 0 Å². The topological polar surface area (TPSA) is 24.9 Å². The molecule has 0 bridgehead atoms. The molecule has 0 saturated carbocycles. The van der Waals surface area contributed by atoms with Crippen molar-refractivity contribution in [1.82, 2.24) is 10.3 Å². The Morgan fingerprint density at radius 1 is 1.40 bits per heavy atom. The van der Waals surface area contributed by atoms with Crippen molar-refractivity contribution in [2.75, 3.05) is 6.54 Å². The van der Waals surface area contributed by atoms with Crippen LogP contribution in [0.15, 0.2) is 18.3 Å². The monoisotopic (exact) mass is 226 g/mol. The molecule has 0 aliphatic heterocycles. The molecule has 0 aromatic carbocycles. The highest BCUT2D eigenvalue weighted by molar-refractivity contribution is 6.30. The first kappa shape index (κ1) is 12.5. The molecule has 1 aromatic heterocycles. The highest BCUT2D eigenvalue weighted by Crippen LogP contribution is 2.20. The Morgan fingerprint density at radius 3 is 2.60 bits per heavy atom. The van der Waals surface area contributed by atoms with Gasteiger partial charge in [0.1, 0.15) is 0 Å². The van der Waals surface area contributed by atoms with E-state index in [1.54, 1.807) is 6.20 Å². The van der Waals surface area contributed by atoms with E-state index in [4.69, 9.17) is 11.6 Å². The number of halogens is 1. The van der Waals surface area contributed by atoms with Crippen molar-refractivity contribution < 1.29 is 0 Å². The number of nitrogens with zero attached hydrogens (tertiary/aromatic N) is 1. The van der Waals surface area contributed by atoms with E-state index in [0.717, 1.165) is 18.7 Å². The molecule has 1 rings (SSSR count). The van der Waals surface area contributed by atoms with Gasteiger partial charge in [0.05, 0.1) is 5.02 Å². The van der Waals surface area contributed by atoms with Crippen LogP contribution in [-0.4, -0.2) is 17.6 Å². The van der Waals surface area contributed by atoms with Crippen LogP contribution in [0.25, 0.3) is 0 Å². The standard InChI is InChI=1S/C12H19ClN2/c1-4-11(14-5-2)9(3)12-7-6-10(13)8-15-12/h6-9,11,14H,4-5H2,1-3H3. The summed E-state index contributed by atoms with van der Waals surface area (Å²) in [7, 11) is 0. The Hall–Kier alpha value is -0.600. The van der Waals surface area contributed by atoms with E-state index < -0.39 is 0 Å². The van der Waals surface area contributed by atoms with Crippen LogP contribution < -0.4 is 5.32 Å². The van der Waals surface area contributed by atoms with Crippen molar-refractivity contribution in [3.63, 3.8) is 0 Å². The van der Waals surface area contributed by atoms with Crippen LogP contribution in [0.3, 0.4) is 0 Å². The Labute approximate surface area is 97.1 Å². The molecule has 0 radical (unpaired) electrons. The number of pyridine rings is 1. The summed E-state index contributed by atoms with van der Waals surface area (Å²) >= 11 is 5.81. The third kappa shape index (κ3) is 3.47. The lowest BCUT2D eigenvalue weighted by Gasteiger charge is -2.23. The Kier molecular flexibility index (Phi) is 5.06. The highest BCUT2D eigenvalue weighted by atomic mass is 35.5. The minimum Gasteiger partial charge on any atom is -0.314 e.